The molecule has 7 heteroatoms. The summed E-state index contributed by atoms with van der Waals surface area (Å²) in [5.74, 6) is 0. The van der Waals surface area contributed by atoms with Gasteiger partial charge in [-0.05, 0) is 18.9 Å². The second kappa shape index (κ2) is 7.63. The lowest BCUT2D eigenvalue weighted by Crippen LogP contribution is -2.32. The van der Waals surface area contributed by atoms with Gasteiger partial charge in [0, 0.05) is 37.0 Å². The molecule has 0 bridgehead atoms. The molecular formula is C15H21N3O4. The topological polar surface area (TPSA) is 84.7 Å². The van der Waals surface area contributed by atoms with Crippen LogP contribution in [0.4, 0.5) is 16.2 Å². The molecule has 1 N–H and O–H groups in total. The van der Waals surface area contributed by atoms with Gasteiger partial charge in [-0.2, -0.15) is 0 Å². The molecule has 0 aliphatic carbocycles. The average molecular weight is 307 g/mol. The second-order valence-electron chi connectivity index (χ2n) is 5.35. The Bertz CT molecular complexity index is 535. The van der Waals surface area contributed by atoms with Crippen LogP contribution in [0.1, 0.15) is 26.2 Å². The van der Waals surface area contributed by atoms with E-state index >= 15 is 0 Å². The third kappa shape index (κ3) is 4.34. The largest absolute Gasteiger partial charge is 0.449 e. The van der Waals surface area contributed by atoms with Gasteiger partial charge < -0.3 is 15.0 Å². The molecular weight excluding hydrogens is 286 g/mol. The molecule has 1 heterocycles. The smallest absolute Gasteiger partial charge is 0.409 e. The molecule has 1 aromatic rings. The molecule has 1 aliphatic heterocycles. The number of likely N-dealkylation sites (tertiary alicyclic amines) is 1. The SMILES string of the molecule is CCCCOC(=O)N1CC[C@@H](Nc2cccc([N+](=O)[O-])c2)C1. The monoisotopic (exact) mass is 307 g/mol. The Morgan fingerprint density at radius 3 is 3.09 bits per heavy atom. The van der Waals surface area contributed by atoms with E-state index in [4.69, 9.17) is 4.74 Å². The number of nitro groups is 1. The number of carbonyl (C=O) groups excluding carboxylic acids is 1. The van der Waals surface area contributed by atoms with Crippen molar-refractivity contribution in [2.75, 3.05) is 25.0 Å². The van der Waals surface area contributed by atoms with Crippen molar-refractivity contribution in [3.05, 3.63) is 34.4 Å². The van der Waals surface area contributed by atoms with Crippen molar-refractivity contribution in [2.24, 2.45) is 0 Å². The van der Waals surface area contributed by atoms with Gasteiger partial charge in [-0.15, -0.1) is 0 Å². The number of nitrogens with zero attached hydrogens (tertiary/aromatic N) is 2. The molecule has 1 fully saturated rings. The third-order valence-corrected chi connectivity index (χ3v) is 3.60. The zero-order chi connectivity index (χ0) is 15.9. The summed E-state index contributed by atoms with van der Waals surface area (Å²) in [4.78, 5) is 23.9. The lowest BCUT2D eigenvalue weighted by molar-refractivity contribution is -0.384. The fourth-order valence-corrected chi connectivity index (χ4v) is 2.38. The van der Waals surface area contributed by atoms with E-state index in [0.29, 0.717) is 25.4 Å². The van der Waals surface area contributed by atoms with Crippen molar-refractivity contribution >= 4 is 17.5 Å². The van der Waals surface area contributed by atoms with Crippen LogP contribution in [-0.2, 0) is 4.74 Å². The number of anilines is 1. The minimum absolute atomic E-state index is 0.0545. The van der Waals surface area contributed by atoms with Crippen molar-refractivity contribution in [2.45, 2.75) is 32.2 Å². The van der Waals surface area contributed by atoms with Crippen LogP contribution >= 0.6 is 0 Å². The fourth-order valence-electron chi connectivity index (χ4n) is 2.38. The predicted octanol–water partition coefficient (Wildman–Crippen LogP) is 3.02. The maximum absolute atomic E-state index is 11.8. The highest BCUT2D eigenvalue weighted by Crippen LogP contribution is 2.20. The normalized spacial score (nSPS) is 17.3. The molecule has 0 radical (unpaired) electrons. The average Bonchev–Trinajstić information content (AvgIpc) is 2.96. The van der Waals surface area contributed by atoms with Gasteiger partial charge in [0.25, 0.3) is 5.69 Å². The molecule has 2 rings (SSSR count). The number of non-ortho nitro benzene ring substituents is 1. The van der Waals surface area contributed by atoms with E-state index in [-0.39, 0.29) is 17.8 Å². The summed E-state index contributed by atoms with van der Waals surface area (Å²) in [5, 5.41) is 14.0. The van der Waals surface area contributed by atoms with Gasteiger partial charge in [0.15, 0.2) is 0 Å². The maximum Gasteiger partial charge on any atom is 0.409 e. The van der Waals surface area contributed by atoms with E-state index in [2.05, 4.69) is 5.32 Å². The van der Waals surface area contributed by atoms with Crippen LogP contribution in [0.3, 0.4) is 0 Å². The van der Waals surface area contributed by atoms with Crippen LogP contribution in [-0.4, -0.2) is 41.7 Å². The van der Waals surface area contributed by atoms with E-state index in [1.54, 1.807) is 17.0 Å². The number of hydrogen-bond donors (Lipinski definition) is 1. The molecule has 0 spiro atoms. The Morgan fingerprint density at radius 2 is 2.36 bits per heavy atom. The van der Waals surface area contributed by atoms with Gasteiger partial charge in [0.05, 0.1) is 11.5 Å². The van der Waals surface area contributed by atoms with E-state index in [1.807, 2.05) is 6.92 Å². The number of ether oxygens (including phenoxy) is 1. The highest BCUT2D eigenvalue weighted by Gasteiger charge is 2.27. The molecule has 1 aromatic carbocycles. The first-order chi connectivity index (χ1) is 10.6. The first-order valence-corrected chi connectivity index (χ1v) is 7.53. The van der Waals surface area contributed by atoms with Crippen molar-refractivity contribution < 1.29 is 14.5 Å². The molecule has 0 aromatic heterocycles. The van der Waals surface area contributed by atoms with Gasteiger partial charge >= 0.3 is 6.09 Å². The predicted molar refractivity (Wildman–Crippen MR) is 83.0 cm³/mol. The quantitative estimate of drug-likeness (QED) is 0.496. The first-order valence-electron chi connectivity index (χ1n) is 7.53. The van der Waals surface area contributed by atoms with Crippen molar-refractivity contribution in [3.63, 3.8) is 0 Å². The summed E-state index contributed by atoms with van der Waals surface area (Å²) in [6.45, 7) is 3.68. The number of benzene rings is 1. The third-order valence-electron chi connectivity index (χ3n) is 3.60. The van der Waals surface area contributed by atoms with Crippen LogP contribution in [0.15, 0.2) is 24.3 Å². The summed E-state index contributed by atoms with van der Waals surface area (Å²) >= 11 is 0. The number of nitro benzene ring substituents is 1. The summed E-state index contributed by atoms with van der Waals surface area (Å²) < 4.78 is 5.19. The van der Waals surface area contributed by atoms with E-state index in [0.717, 1.165) is 19.3 Å². The van der Waals surface area contributed by atoms with Crippen LogP contribution < -0.4 is 5.32 Å². The zero-order valence-corrected chi connectivity index (χ0v) is 12.7. The Hall–Kier alpha value is -2.31. The number of unbranched alkanes of at least 4 members (excludes halogenated alkanes) is 1. The Labute approximate surface area is 129 Å². The molecule has 7 nitrogen and oxygen atoms in total. The Kier molecular flexibility index (Phi) is 5.57. The number of nitrogens with one attached hydrogen (secondary N) is 1. The van der Waals surface area contributed by atoms with Crippen LogP contribution in [0.5, 0.6) is 0 Å². The molecule has 1 saturated heterocycles. The standard InChI is InChI=1S/C15H21N3O4/c1-2-3-9-22-15(19)17-8-7-13(11-17)16-12-5-4-6-14(10-12)18(20)21/h4-6,10,13,16H,2-3,7-9,11H2,1H3/t13-/m1/s1. The first kappa shape index (κ1) is 16.1. The van der Waals surface area contributed by atoms with Gasteiger partial charge in [-0.25, -0.2) is 4.79 Å². The maximum atomic E-state index is 11.8. The molecule has 1 amide bonds. The zero-order valence-electron chi connectivity index (χ0n) is 12.7. The van der Waals surface area contributed by atoms with Crippen molar-refractivity contribution in [1.82, 2.24) is 4.90 Å². The summed E-state index contributed by atoms with van der Waals surface area (Å²) in [7, 11) is 0. The summed E-state index contributed by atoms with van der Waals surface area (Å²) in [5.41, 5.74) is 0.749. The number of rotatable bonds is 6. The summed E-state index contributed by atoms with van der Waals surface area (Å²) in [6.07, 6.45) is 2.38. The van der Waals surface area contributed by atoms with Gasteiger partial charge in [-0.1, -0.05) is 19.4 Å². The molecule has 22 heavy (non-hydrogen) atoms. The van der Waals surface area contributed by atoms with Gasteiger partial charge in [0.2, 0.25) is 0 Å². The fraction of sp³-hybridized carbons (Fsp3) is 0.533. The molecule has 0 unspecified atom stereocenters. The van der Waals surface area contributed by atoms with E-state index < -0.39 is 4.92 Å². The van der Waals surface area contributed by atoms with E-state index in [9.17, 15) is 14.9 Å². The molecule has 1 aliphatic rings. The van der Waals surface area contributed by atoms with Crippen molar-refractivity contribution in [1.29, 1.82) is 0 Å². The van der Waals surface area contributed by atoms with Crippen LogP contribution in [0.25, 0.3) is 0 Å². The van der Waals surface area contributed by atoms with Crippen LogP contribution in [0, 0.1) is 10.1 Å². The number of hydrogen-bond acceptors (Lipinski definition) is 5. The molecule has 120 valence electrons. The number of amides is 1. The highest BCUT2D eigenvalue weighted by atomic mass is 16.6. The van der Waals surface area contributed by atoms with Crippen LogP contribution in [0.2, 0.25) is 0 Å². The minimum Gasteiger partial charge on any atom is -0.449 e. The Morgan fingerprint density at radius 1 is 1.55 bits per heavy atom. The lowest BCUT2D eigenvalue weighted by atomic mass is 10.2. The molecule has 0 saturated carbocycles. The second-order valence-corrected chi connectivity index (χ2v) is 5.35. The van der Waals surface area contributed by atoms with Crippen molar-refractivity contribution in [3.8, 4) is 0 Å². The molecule has 1 atom stereocenters. The number of carbonyl (C=O) groups is 1. The van der Waals surface area contributed by atoms with E-state index in [1.165, 1.54) is 12.1 Å². The lowest BCUT2D eigenvalue weighted by Gasteiger charge is -2.17. The highest BCUT2D eigenvalue weighted by molar-refractivity contribution is 5.68. The summed E-state index contributed by atoms with van der Waals surface area (Å²) in [6, 6.07) is 6.47. The van der Waals surface area contributed by atoms with Gasteiger partial charge in [0.1, 0.15) is 0 Å². The van der Waals surface area contributed by atoms with Gasteiger partial charge in [-0.3, -0.25) is 10.1 Å². The Balaban J connectivity index is 1.84. The minimum atomic E-state index is -0.419.